The molecule has 1 amide bonds. The topological polar surface area (TPSA) is 76.0 Å². The predicted molar refractivity (Wildman–Crippen MR) is 111 cm³/mol. The molecule has 0 aliphatic heterocycles. The van der Waals surface area contributed by atoms with Gasteiger partial charge in [0.1, 0.15) is 0 Å². The lowest BCUT2D eigenvalue weighted by molar-refractivity contribution is -0.121. The first-order valence-corrected chi connectivity index (χ1v) is 9.63. The van der Waals surface area contributed by atoms with E-state index in [-0.39, 0.29) is 17.9 Å². The van der Waals surface area contributed by atoms with Crippen molar-refractivity contribution in [1.29, 1.82) is 0 Å². The van der Waals surface area contributed by atoms with Gasteiger partial charge in [-0.15, -0.1) is 0 Å². The minimum Gasteiger partial charge on any atom is -0.385 e. The Morgan fingerprint density at radius 3 is 2.74 bits per heavy atom. The van der Waals surface area contributed by atoms with Crippen molar-refractivity contribution in [3.05, 3.63) is 69.7 Å². The summed E-state index contributed by atoms with van der Waals surface area (Å²) in [4.78, 5) is 28.8. The highest BCUT2D eigenvalue weighted by atomic mass is 79.9. The molecule has 27 heavy (non-hydrogen) atoms. The normalized spacial score (nSPS) is 10.7. The number of fused-ring (bicyclic) bond motifs is 1. The monoisotopic (exact) mass is 428 g/mol. The van der Waals surface area contributed by atoms with Crippen molar-refractivity contribution in [3.63, 3.8) is 0 Å². The van der Waals surface area contributed by atoms with E-state index in [1.165, 1.54) is 10.9 Å². The van der Waals surface area contributed by atoms with Crippen molar-refractivity contribution in [2.75, 3.05) is 18.4 Å². The average molecular weight is 429 g/mol. The molecule has 0 aliphatic rings. The van der Waals surface area contributed by atoms with Crippen molar-refractivity contribution in [3.8, 4) is 0 Å². The number of rotatable bonds is 8. The van der Waals surface area contributed by atoms with Crippen LogP contribution in [-0.4, -0.2) is 28.5 Å². The van der Waals surface area contributed by atoms with Gasteiger partial charge in [-0.05, 0) is 36.8 Å². The van der Waals surface area contributed by atoms with Crippen LogP contribution in [0.3, 0.4) is 0 Å². The zero-order chi connectivity index (χ0) is 19.1. The van der Waals surface area contributed by atoms with Crippen LogP contribution in [0, 0.1) is 0 Å². The lowest BCUT2D eigenvalue weighted by Gasteiger charge is -2.09. The van der Waals surface area contributed by atoms with Gasteiger partial charge in [0, 0.05) is 36.2 Å². The number of aromatic nitrogens is 2. The van der Waals surface area contributed by atoms with E-state index in [2.05, 4.69) is 31.5 Å². The predicted octanol–water partition coefficient (Wildman–Crippen LogP) is 3.17. The van der Waals surface area contributed by atoms with E-state index in [0.29, 0.717) is 24.0 Å². The van der Waals surface area contributed by atoms with E-state index >= 15 is 0 Å². The number of para-hydroxylation sites is 1. The van der Waals surface area contributed by atoms with Crippen LogP contribution in [0.1, 0.15) is 12.8 Å². The number of carbonyl (C=O) groups excluding carboxylic acids is 1. The molecule has 0 radical (unpaired) electrons. The number of amides is 1. The summed E-state index contributed by atoms with van der Waals surface area (Å²) in [6.07, 6.45) is 2.56. The third-order valence-corrected chi connectivity index (χ3v) is 4.64. The highest BCUT2D eigenvalue weighted by Gasteiger charge is 2.07. The van der Waals surface area contributed by atoms with Gasteiger partial charge in [0.05, 0.1) is 17.2 Å². The van der Waals surface area contributed by atoms with Gasteiger partial charge in [0.2, 0.25) is 5.91 Å². The highest BCUT2D eigenvalue weighted by Crippen LogP contribution is 2.14. The molecule has 0 saturated heterocycles. The molecule has 0 unspecified atom stereocenters. The third-order valence-electron chi connectivity index (χ3n) is 4.14. The first-order chi connectivity index (χ1) is 13.1. The summed E-state index contributed by atoms with van der Waals surface area (Å²) in [5, 5.41) is 6.72. The summed E-state index contributed by atoms with van der Waals surface area (Å²) in [6.45, 7) is 1.69. The SMILES string of the molecule is O=C(CCn1cnc2ccc(Br)cc2c1=O)NCCCNc1ccccc1. The number of nitrogens with one attached hydrogen (secondary N) is 2. The van der Waals surface area contributed by atoms with Crippen LogP contribution in [0.5, 0.6) is 0 Å². The Morgan fingerprint density at radius 2 is 1.93 bits per heavy atom. The van der Waals surface area contributed by atoms with Gasteiger partial charge in [-0.1, -0.05) is 34.1 Å². The molecule has 0 spiro atoms. The number of benzene rings is 2. The van der Waals surface area contributed by atoms with Gasteiger partial charge in [0.15, 0.2) is 0 Å². The van der Waals surface area contributed by atoms with Crippen LogP contribution in [-0.2, 0) is 11.3 Å². The summed E-state index contributed by atoms with van der Waals surface area (Å²) in [6, 6.07) is 15.3. The van der Waals surface area contributed by atoms with Crippen molar-refractivity contribution >= 4 is 38.4 Å². The molecule has 0 bridgehead atoms. The highest BCUT2D eigenvalue weighted by molar-refractivity contribution is 9.10. The Balaban J connectivity index is 1.43. The number of nitrogens with zero attached hydrogens (tertiary/aromatic N) is 2. The van der Waals surface area contributed by atoms with Crippen LogP contribution in [0.15, 0.2) is 64.1 Å². The number of aryl methyl sites for hydroxylation is 1. The summed E-state index contributed by atoms with van der Waals surface area (Å²) in [5.74, 6) is -0.0732. The molecular weight excluding hydrogens is 408 g/mol. The molecule has 1 aromatic heterocycles. The van der Waals surface area contributed by atoms with Gasteiger partial charge in [-0.3, -0.25) is 14.2 Å². The fourth-order valence-electron chi connectivity index (χ4n) is 2.71. The lowest BCUT2D eigenvalue weighted by atomic mass is 10.2. The first kappa shape index (κ1) is 19.1. The van der Waals surface area contributed by atoms with Gasteiger partial charge in [-0.25, -0.2) is 4.98 Å². The largest absolute Gasteiger partial charge is 0.385 e. The fraction of sp³-hybridized carbons (Fsp3) is 0.250. The number of anilines is 1. The van der Waals surface area contributed by atoms with Gasteiger partial charge in [-0.2, -0.15) is 0 Å². The molecular formula is C20H21BrN4O2. The van der Waals surface area contributed by atoms with Crippen LogP contribution in [0.2, 0.25) is 0 Å². The zero-order valence-corrected chi connectivity index (χ0v) is 16.4. The molecule has 0 aliphatic carbocycles. The van der Waals surface area contributed by atoms with E-state index in [1.54, 1.807) is 12.1 Å². The number of hydrogen-bond donors (Lipinski definition) is 2. The molecule has 3 rings (SSSR count). The Morgan fingerprint density at radius 1 is 1.11 bits per heavy atom. The van der Waals surface area contributed by atoms with Crippen LogP contribution in [0.25, 0.3) is 10.9 Å². The molecule has 7 heteroatoms. The molecule has 0 atom stereocenters. The maximum absolute atomic E-state index is 12.5. The van der Waals surface area contributed by atoms with Crippen molar-refractivity contribution in [2.45, 2.75) is 19.4 Å². The van der Waals surface area contributed by atoms with Gasteiger partial charge < -0.3 is 10.6 Å². The summed E-state index contributed by atoms with van der Waals surface area (Å²) in [5.41, 5.74) is 1.58. The average Bonchev–Trinajstić information content (AvgIpc) is 2.68. The molecule has 0 saturated carbocycles. The Labute approximate surface area is 165 Å². The van der Waals surface area contributed by atoms with Crippen LogP contribution in [0.4, 0.5) is 5.69 Å². The number of halogens is 1. The number of carbonyl (C=O) groups is 1. The van der Waals surface area contributed by atoms with Crippen LogP contribution >= 0.6 is 15.9 Å². The van der Waals surface area contributed by atoms with E-state index in [4.69, 9.17) is 0 Å². The Kier molecular flexibility index (Phi) is 6.59. The summed E-state index contributed by atoms with van der Waals surface area (Å²) < 4.78 is 2.30. The van der Waals surface area contributed by atoms with Crippen molar-refractivity contribution in [1.82, 2.24) is 14.9 Å². The standard InChI is InChI=1S/C20H21BrN4O2/c21-15-7-8-18-17(13-15)20(27)25(14-24-18)12-9-19(26)23-11-4-10-22-16-5-2-1-3-6-16/h1-3,5-8,13-14,22H,4,9-12H2,(H,23,26). The maximum atomic E-state index is 12.5. The summed E-state index contributed by atoms with van der Waals surface area (Å²) >= 11 is 3.36. The van der Waals surface area contributed by atoms with Gasteiger partial charge >= 0.3 is 0 Å². The Bertz CT molecular complexity index is 973. The molecule has 140 valence electrons. The van der Waals surface area contributed by atoms with E-state index in [1.807, 2.05) is 36.4 Å². The van der Waals surface area contributed by atoms with E-state index in [9.17, 15) is 9.59 Å². The minimum absolute atomic E-state index is 0.0732. The van der Waals surface area contributed by atoms with Gasteiger partial charge in [0.25, 0.3) is 5.56 Å². The number of hydrogen-bond acceptors (Lipinski definition) is 4. The quantitative estimate of drug-likeness (QED) is 0.540. The minimum atomic E-state index is -0.138. The molecule has 0 fully saturated rings. The van der Waals surface area contributed by atoms with Crippen molar-refractivity contribution < 1.29 is 4.79 Å². The van der Waals surface area contributed by atoms with E-state index < -0.39 is 0 Å². The van der Waals surface area contributed by atoms with Crippen molar-refractivity contribution in [2.24, 2.45) is 0 Å². The molecule has 2 N–H and O–H groups in total. The lowest BCUT2D eigenvalue weighted by Crippen LogP contribution is -2.29. The summed E-state index contributed by atoms with van der Waals surface area (Å²) in [7, 11) is 0. The van der Waals surface area contributed by atoms with E-state index in [0.717, 1.165) is 23.1 Å². The maximum Gasteiger partial charge on any atom is 0.261 e. The fourth-order valence-corrected chi connectivity index (χ4v) is 3.07. The third kappa shape index (κ3) is 5.40. The second-order valence-corrected chi connectivity index (χ2v) is 7.07. The Hall–Kier alpha value is -2.67. The molecule has 3 aromatic rings. The second kappa shape index (κ2) is 9.32. The molecule has 1 heterocycles. The zero-order valence-electron chi connectivity index (χ0n) is 14.8. The van der Waals surface area contributed by atoms with Crippen LogP contribution < -0.4 is 16.2 Å². The molecule has 2 aromatic carbocycles. The second-order valence-electron chi connectivity index (χ2n) is 6.15. The first-order valence-electron chi connectivity index (χ1n) is 8.84. The molecule has 6 nitrogen and oxygen atoms in total. The smallest absolute Gasteiger partial charge is 0.261 e.